The Morgan fingerprint density at radius 1 is 1.50 bits per heavy atom. The molecule has 0 unspecified atom stereocenters. The summed E-state index contributed by atoms with van der Waals surface area (Å²) in [4.78, 5) is 7.34. The lowest BCUT2D eigenvalue weighted by atomic mass is 10.4. The van der Waals surface area contributed by atoms with Crippen LogP contribution in [0.3, 0.4) is 0 Å². The molecule has 0 amide bonds. The molecule has 2 aromatic heterocycles. The van der Waals surface area contributed by atoms with Gasteiger partial charge in [0.25, 0.3) is 0 Å². The summed E-state index contributed by atoms with van der Waals surface area (Å²) in [5, 5.41) is 0. The van der Waals surface area contributed by atoms with Gasteiger partial charge in [-0.15, -0.1) is 0 Å². The minimum absolute atomic E-state index is 0.633. The largest absolute Gasteiger partial charge is 0.481 e. The Kier molecular flexibility index (Phi) is 1.77. The van der Waals surface area contributed by atoms with Crippen molar-refractivity contribution in [2.24, 2.45) is 0 Å². The molecule has 0 atom stereocenters. The molecule has 0 aliphatic carbocycles. The number of nitrogens with zero attached hydrogens (tertiary/aromatic N) is 1. The Morgan fingerprint density at radius 3 is 3.08 bits per heavy atom. The Morgan fingerprint density at radius 2 is 2.33 bits per heavy atom. The van der Waals surface area contributed by atoms with E-state index in [0.29, 0.717) is 5.88 Å². The summed E-state index contributed by atoms with van der Waals surface area (Å²) in [5.41, 5.74) is 1.91. The van der Waals surface area contributed by atoms with Crippen LogP contribution in [-0.2, 0) is 0 Å². The van der Waals surface area contributed by atoms with Gasteiger partial charge in [-0.05, 0) is 28.1 Å². The minimum atomic E-state index is 0.633. The van der Waals surface area contributed by atoms with Crippen LogP contribution in [0.5, 0.6) is 5.88 Å². The van der Waals surface area contributed by atoms with E-state index in [0.717, 1.165) is 15.6 Å². The first-order valence-electron chi connectivity index (χ1n) is 3.49. The van der Waals surface area contributed by atoms with Crippen molar-refractivity contribution in [2.75, 3.05) is 7.11 Å². The van der Waals surface area contributed by atoms with Crippen molar-refractivity contribution >= 4 is 27.0 Å². The fourth-order valence-electron chi connectivity index (χ4n) is 1.07. The van der Waals surface area contributed by atoms with E-state index in [1.54, 1.807) is 7.11 Å². The number of rotatable bonds is 1. The second-order valence-electron chi connectivity index (χ2n) is 2.40. The molecule has 0 bridgehead atoms. The van der Waals surface area contributed by atoms with E-state index in [-0.39, 0.29) is 0 Å². The Balaban J connectivity index is 2.66. The van der Waals surface area contributed by atoms with Crippen LogP contribution in [0.1, 0.15) is 0 Å². The maximum Gasteiger partial charge on any atom is 0.213 e. The highest BCUT2D eigenvalue weighted by atomic mass is 79.9. The highest BCUT2D eigenvalue weighted by Crippen LogP contribution is 2.19. The fraction of sp³-hybridized carbons (Fsp3) is 0.125. The zero-order chi connectivity index (χ0) is 8.55. The molecule has 1 N–H and O–H groups in total. The normalized spacial score (nSPS) is 10.5. The van der Waals surface area contributed by atoms with Gasteiger partial charge in [0.2, 0.25) is 5.88 Å². The molecule has 4 heteroatoms. The van der Waals surface area contributed by atoms with Crippen LogP contribution in [0.25, 0.3) is 11.0 Å². The lowest BCUT2D eigenvalue weighted by Crippen LogP contribution is -1.85. The number of H-pyrrole nitrogens is 1. The van der Waals surface area contributed by atoms with E-state index < -0.39 is 0 Å². The summed E-state index contributed by atoms with van der Waals surface area (Å²) in [6.07, 6.45) is 0. The second-order valence-corrected chi connectivity index (χ2v) is 3.26. The fourth-order valence-corrected chi connectivity index (χ4v) is 1.50. The zero-order valence-electron chi connectivity index (χ0n) is 6.47. The first-order valence-corrected chi connectivity index (χ1v) is 4.28. The van der Waals surface area contributed by atoms with E-state index >= 15 is 0 Å². The molecule has 3 nitrogen and oxygen atoms in total. The maximum absolute atomic E-state index is 4.99. The van der Waals surface area contributed by atoms with Crippen LogP contribution < -0.4 is 4.74 Å². The van der Waals surface area contributed by atoms with Crippen molar-refractivity contribution in [3.8, 4) is 5.88 Å². The van der Waals surface area contributed by atoms with Gasteiger partial charge in [0, 0.05) is 6.07 Å². The molecule has 0 aliphatic heterocycles. The number of halogens is 1. The van der Waals surface area contributed by atoms with Gasteiger partial charge in [0.15, 0.2) is 0 Å². The third-order valence-corrected chi connectivity index (χ3v) is 2.05. The van der Waals surface area contributed by atoms with Crippen LogP contribution in [0.15, 0.2) is 22.8 Å². The van der Waals surface area contributed by atoms with Gasteiger partial charge in [-0.2, -0.15) is 0 Å². The first kappa shape index (κ1) is 7.61. The van der Waals surface area contributed by atoms with Crippen molar-refractivity contribution in [3.05, 3.63) is 22.8 Å². The number of hydrogen-bond acceptors (Lipinski definition) is 2. The lowest BCUT2D eigenvalue weighted by molar-refractivity contribution is 0.399. The van der Waals surface area contributed by atoms with Crippen molar-refractivity contribution < 1.29 is 4.74 Å². The van der Waals surface area contributed by atoms with Crippen LogP contribution in [0.2, 0.25) is 0 Å². The highest BCUT2D eigenvalue weighted by molar-refractivity contribution is 9.10. The van der Waals surface area contributed by atoms with Crippen LogP contribution in [0, 0.1) is 0 Å². The Bertz CT molecular complexity index is 410. The second kappa shape index (κ2) is 2.79. The topological polar surface area (TPSA) is 37.9 Å². The molecule has 0 spiro atoms. The van der Waals surface area contributed by atoms with Crippen molar-refractivity contribution in [3.63, 3.8) is 0 Å². The molecular weight excluding hydrogens is 220 g/mol. The molecule has 0 aliphatic rings. The summed E-state index contributed by atoms with van der Waals surface area (Å²) in [5.74, 6) is 0.633. The predicted octanol–water partition coefficient (Wildman–Crippen LogP) is 2.33. The molecule has 2 heterocycles. The highest BCUT2D eigenvalue weighted by Gasteiger charge is 2.00. The number of hydrogen-bond donors (Lipinski definition) is 1. The average Bonchev–Trinajstić information content (AvgIpc) is 2.43. The predicted molar refractivity (Wildman–Crippen MR) is 50.3 cm³/mol. The summed E-state index contributed by atoms with van der Waals surface area (Å²) in [6, 6.07) is 5.68. The minimum Gasteiger partial charge on any atom is -0.481 e. The van der Waals surface area contributed by atoms with Crippen LogP contribution >= 0.6 is 15.9 Å². The number of aromatic amines is 1. The Hall–Kier alpha value is -1.03. The first-order chi connectivity index (χ1) is 5.79. The number of fused-ring (bicyclic) bond motifs is 1. The Labute approximate surface area is 77.9 Å². The summed E-state index contributed by atoms with van der Waals surface area (Å²) in [6.45, 7) is 0. The smallest absolute Gasteiger partial charge is 0.213 e. The maximum atomic E-state index is 4.99. The third-order valence-electron chi connectivity index (χ3n) is 1.63. The van der Waals surface area contributed by atoms with Gasteiger partial charge >= 0.3 is 0 Å². The number of methoxy groups -OCH3 is 1. The molecule has 0 saturated heterocycles. The molecule has 0 radical (unpaired) electrons. The summed E-state index contributed by atoms with van der Waals surface area (Å²) in [7, 11) is 1.61. The summed E-state index contributed by atoms with van der Waals surface area (Å²) >= 11 is 3.33. The van der Waals surface area contributed by atoms with E-state index in [4.69, 9.17) is 4.74 Å². The zero-order valence-corrected chi connectivity index (χ0v) is 8.05. The quantitative estimate of drug-likeness (QED) is 0.811. The molecule has 2 aromatic rings. The molecular formula is C8H7BrN2O. The SMILES string of the molecule is COc1ccc2[nH]c(Br)cc2n1. The van der Waals surface area contributed by atoms with Crippen molar-refractivity contribution in [1.29, 1.82) is 0 Å². The molecule has 0 aromatic carbocycles. The van der Waals surface area contributed by atoms with Crippen molar-refractivity contribution in [1.82, 2.24) is 9.97 Å². The molecule has 0 saturated carbocycles. The number of pyridine rings is 1. The van der Waals surface area contributed by atoms with Gasteiger partial charge in [-0.3, -0.25) is 0 Å². The number of nitrogens with one attached hydrogen (secondary N) is 1. The molecule has 62 valence electrons. The molecule has 2 rings (SSSR count). The third kappa shape index (κ3) is 1.18. The van der Waals surface area contributed by atoms with Gasteiger partial charge in [-0.1, -0.05) is 0 Å². The molecule has 0 fully saturated rings. The summed E-state index contributed by atoms with van der Waals surface area (Å²) < 4.78 is 5.92. The number of aromatic nitrogens is 2. The monoisotopic (exact) mass is 226 g/mol. The molecule has 12 heavy (non-hydrogen) atoms. The average molecular weight is 227 g/mol. The van der Waals surface area contributed by atoms with E-state index in [1.165, 1.54) is 0 Å². The van der Waals surface area contributed by atoms with Gasteiger partial charge in [-0.25, -0.2) is 4.98 Å². The number of ether oxygens (including phenoxy) is 1. The van der Waals surface area contributed by atoms with Gasteiger partial charge < -0.3 is 9.72 Å². The van der Waals surface area contributed by atoms with Crippen LogP contribution in [-0.4, -0.2) is 17.1 Å². The van der Waals surface area contributed by atoms with Gasteiger partial charge in [0.05, 0.1) is 22.7 Å². The van der Waals surface area contributed by atoms with E-state index in [9.17, 15) is 0 Å². The van der Waals surface area contributed by atoms with Crippen LogP contribution in [0.4, 0.5) is 0 Å². The van der Waals surface area contributed by atoms with E-state index in [2.05, 4.69) is 25.9 Å². The van der Waals surface area contributed by atoms with Crippen molar-refractivity contribution in [2.45, 2.75) is 0 Å². The lowest BCUT2D eigenvalue weighted by Gasteiger charge is -1.96. The standard InChI is InChI=1S/C8H7BrN2O/c1-12-8-3-2-5-6(11-8)4-7(9)10-5/h2-4,10H,1H3. The van der Waals surface area contributed by atoms with Gasteiger partial charge in [0.1, 0.15) is 0 Å². The van der Waals surface area contributed by atoms with E-state index in [1.807, 2.05) is 18.2 Å².